The molecule has 0 spiro atoms. The zero-order valence-corrected chi connectivity index (χ0v) is 18.3. The summed E-state index contributed by atoms with van der Waals surface area (Å²) in [5.74, 6) is -0.274. The smallest absolute Gasteiger partial charge is 0.242 e. The molecule has 0 aliphatic carbocycles. The zero-order valence-electron chi connectivity index (χ0n) is 16.7. The molecule has 0 aromatic heterocycles. The third kappa shape index (κ3) is 5.00. The van der Waals surface area contributed by atoms with E-state index in [1.807, 2.05) is 56.3 Å². The molecule has 1 aliphatic heterocycles. The van der Waals surface area contributed by atoms with E-state index in [4.69, 9.17) is 11.6 Å². The van der Waals surface area contributed by atoms with Crippen LogP contribution in [0.25, 0.3) is 0 Å². The van der Waals surface area contributed by atoms with Crippen LogP contribution in [0.15, 0.2) is 47.5 Å². The maximum atomic E-state index is 12.8. The highest BCUT2D eigenvalue weighted by molar-refractivity contribution is 8.15. The van der Waals surface area contributed by atoms with Gasteiger partial charge < -0.3 is 5.32 Å². The Morgan fingerprint density at radius 2 is 1.93 bits per heavy atom. The Hall–Kier alpha value is -2.31. The van der Waals surface area contributed by atoms with Crippen LogP contribution in [0, 0.1) is 6.92 Å². The molecular formula is C22H24ClN3O2S. The third-order valence-corrected chi connectivity index (χ3v) is 6.39. The summed E-state index contributed by atoms with van der Waals surface area (Å²) in [6, 6.07) is 13.3. The average Bonchev–Trinajstić information content (AvgIpc) is 3.00. The molecule has 1 fully saturated rings. The third-order valence-electron chi connectivity index (χ3n) is 4.81. The Morgan fingerprint density at radius 1 is 1.21 bits per heavy atom. The van der Waals surface area contributed by atoms with Gasteiger partial charge in [-0.1, -0.05) is 48.5 Å². The van der Waals surface area contributed by atoms with E-state index in [9.17, 15) is 9.59 Å². The maximum absolute atomic E-state index is 12.8. The summed E-state index contributed by atoms with van der Waals surface area (Å²) in [7, 11) is 0. The van der Waals surface area contributed by atoms with Gasteiger partial charge in [0.2, 0.25) is 11.8 Å². The first-order valence-corrected chi connectivity index (χ1v) is 10.9. The van der Waals surface area contributed by atoms with Crippen LogP contribution in [0.1, 0.15) is 31.4 Å². The lowest BCUT2D eigenvalue weighted by Crippen LogP contribution is -2.33. The number of carbonyl (C=O) groups is 2. The first kappa shape index (κ1) is 21.4. The fourth-order valence-corrected chi connectivity index (χ4v) is 4.42. The number of aryl methyl sites for hydroxylation is 1. The van der Waals surface area contributed by atoms with E-state index in [0.29, 0.717) is 16.7 Å². The monoisotopic (exact) mass is 429 g/mol. The first-order valence-electron chi connectivity index (χ1n) is 9.63. The molecule has 2 amide bonds. The van der Waals surface area contributed by atoms with Crippen LogP contribution in [0.2, 0.25) is 5.02 Å². The molecule has 0 saturated carbocycles. The summed E-state index contributed by atoms with van der Waals surface area (Å²) in [4.78, 5) is 31.5. The number of aliphatic imine (C=N–C) groups is 1. The highest BCUT2D eigenvalue weighted by Crippen LogP contribution is 2.33. The van der Waals surface area contributed by atoms with Crippen LogP contribution in [0.3, 0.4) is 0 Å². The van der Waals surface area contributed by atoms with Crippen molar-refractivity contribution in [3.8, 4) is 0 Å². The molecule has 152 valence electrons. The lowest BCUT2D eigenvalue weighted by Gasteiger charge is -2.14. The summed E-state index contributed by atoms with van der Waals surface area (Å²) in [5, 5.41) is 3.63. The van der Waals surface area contributed by atoms with Crippen molar-refractivity contribution in [3.05, 3.63) is 58.6 Å². The second-order valence-corrected chi connectivity index (χ2v) is 8.35. The van der Waals surface area contributed by atoms with E-state index < -0.39 is 5.25 Å². The van der Waals surface area contributed by atoms with E-state index in [-0.39, 0.29) is 18.2 Å². The van der Waals surface area contributed by atoms with Crippen LogP contribution >= 0.6 is 23.4 Å². The molecule has 3 rings (SSSR count). The van der Waals surface area contributed by atoms with Crippen molar-refractivity contribution in [1.29, 1.82) is 0 Å². The molecule has 2 aromatic carbocycles. The molecule has 2 aromatic rings. The van der Waals surface area contributed by atoms with E-state index in [1.54, 1.807) is 4.90 Å². The molecule has 0 radical (unpaired) electrons. The van der Waals surface area contributed by atoms with E-state index in [0.717, 1.165) is 23.4 Å². The van der Waals surface area contributed by atoms with Crippen molar-refractivity contribution >= 4 is 51.7 Å². The minimum absolute atomic E-state index is 0.0904. The fraction of sp³-hybridized carbons (Fsp3) is 0.318. The van der Waals surface area contributed by atoms with Crippen LogP contribution in [-0.2, 0) is 16.0 Å². The Bertz CT molecular complexity index is 944. The topological polar surface area (TPSA) is 61.8 Å². The number of nitrogens with one attached hydrogen (secondary N) is 1. The van der Waals surface area contributed by atoms with Gasteiger partial charge >= 0.3 is 0 Å². The molecule has 7 heteroatoms. The predicted octanol–water partition coefficient (Wildman–Crippen LogP) is 5.19. The maximum Gasteiger partial charge on any atom is 0.242 e. The van der Waals surface area contributed by atoms with Gasteiger partial charge in [0.25, 0.3) is 0 Å². The summed E-state index contributed by atoms with van der Waals surface area (Å²) < 4.78 is 0. The van der Waals surface area contributed by atoms with Crippen molar-refractivity contribution in [1.82, 2.24) is 4.90 Å². The first-order chi connectivity index (χ1) is 13.9. The molecule has 0 bridgehead atoms. The lowest BCUT2D eigenvalue weighted by molar-refractivity contribution is -0.128. The Kier molecular flexibility index (Phi) is 6.98. The summed E-state index contributed by atoms with van der Waals surface area (Å²) in [5.41, 5.74) is 3.54. The molecule has 1 atom stereocenters. The average molecular weight is 430 g/mol. The van der Waals surface area contributed by atoms with Crippen molar-refractivity contribution < 1.29 is 9.59 Å². The predicted molar refractivity (Wildman–Crippen MR) is 121 cm³/mol. The molecule has 1 heterocycles. The molecule has 1 unspecified atom stereocenters. The summed E-state index contributed by atoms with van der Waals surface area (Å²) >= 11 is 7.51. The molecule has 1 aliphatic rings. The Labute approximate surface area is 180 Å². The van der Waals surface area contributed by atoms with Gasteiger partial charge in [0, 0.05) is 23.7 Å². The van der Waals surface area contributed by atoms with Crippen molar-refractivity contribution in [2.75, 3.05) is 11.9 Å². The SMILES string of the molecule is CCc1ccc(NC(=O)CC2SC(=Nc3cccc(Cl)c3C)N(CC)C2=O)cc1. The number of carbonyl (C=O) groups excluding carboxylic acids is 2. The second kappa shape index (κ2) is 9.46. The number of halogens is 1. The highest BCUT2D eigenvalue weighted by atomic mass is 35.5. The lowest BCUT2D eigenvalue weighted by atomic mass is 10.1. The Balaban J connectivity index is 1.71. The molecule has 5 nitrogen and oxygen atoms in total. The van der Waals surface area contributed by atoms with Gasteiger partial charge in [0.1, 0.15) is 5.25 Å². The van der Waals surface area contributed by atoms with Crippen molar-refractivity contribution in [2.45, 2.75) is 38.9 Å². The van der Waals surface area contributed by atoms with Gasteiger partial charge in [-0.15, -0.1) is 0 Å². The largest absolute Gasteiger partial charge is 0.326 e. The van der Waals surface area contributed by atoms with Crippen molar-refractivity contribution in [3.63, 3.8) is 0 Å². The van der Waals surface area contributed by atoms with E-state index >= 15 is 0 Å². The summed E-state index contributed by atoms with van der Waals surface area (Å²) in [6.07, 6.45) is 1.05. The van der Waals surface area contributed by atoms with Gasteiger partial charge in [0.05, 0.1) is 5.69 Å². The quantitative estimate of drug-likeness (QED) is 0.687. The number of anilines is 1. The van der Waals surface area contributed by atoms with Gasteiger partial charge in [-0.05, 0) is 55.7 Å². The number of rotatable bonds is 6. The van der Waals surface area contributed by atoms with Gasteiger partial charge in [-0.3, -0.25) is 14.5 Å². The van der Waals surface area contributed by atoms with Crippen molar-refractivity contribution in [2.24, 2.45) is 4.99 Å². The van der Waals surface area contributed by atoms with E-state index in [1.165, 1.54) is 17.3 Å². The molecule has 29 heavy (non-hydrogen) atoms. The number of hydrogen-bond acceptors (Lipinski definition) is 4. The number of amidine groups is 1. The molecular weight excluding hydrogens is 406 g/mol. The van der Waals surface area contributed by atoms with Crippen LogP contribution in [-0.4, -0.2) is 33.7 Å². The highest BCUT2D eigenvalue weighted by Gasteiger charge is 2.38. The summed E-state index contributed by atoms with van der Waals surface area (Å²) in [6.45, 7) is 6.38. The standard InChI is InChI=1S/C22H24ClN3O2S/c1-4-15-9-11-16(12-10-15)24-20(27)13-19-21(28)26(5-2)22(29-19)25-18-8-6-7-17(23)14(18)3/h6-12,19H,4-5,13H2,1-3H3,(H,24,27). The van der Waals surface area contributed by atoms with Gasteiger partial charge in [-0.25, -0.2) is 4.99 Å². The van der Waals surface area contributed by atoms with Gasteiger partial charge in [-0.2, -0.15) is 0 Å². The number of nitrogens with zero attached hydrogens (tertiary/aromatic N) is 2. The van der Waals surface area contributed by atoms with Crippen LogP contribution < -0.4 is 5.32 Å². The number of thioether (sulfide) groups is 1. The number of benzene rings is 2. The minimum atomic E-state index is -0.483. The number of amides is 2. The number of hydrogen-bond donors (Lipinski definition) is 1. The molecule has 1 saturated heterocycles. The minimum Gasteiger partial charge on any atom is -0.326 e. The van der Waals surface area contributed by atoms with Crippen LogP contribution in [0.4, 0.5) is 11.4 Å². The van der Waals surface area contributed by atoms with Gasteiger partial charge in [0.15, 0.2) is 5.17 Å². The normalized spacial score (nSPS) is 17.8. The fourth-order valence-electron chi connectivity index (χ4n) is 3.04. The van der Waals surface area contributed by atoms with E-state index in [2.05, 4.69) is 17.2 Å². The zero-order chi connectivity index (χ0) is 21.0. The Morgan fingerprint density at radius 3 is 2.59 bits per heavy atom. The second-order valence-electron chi connectivity index (χ2n) is 6.77. The van der Waals surface area contributed by atoms with Crippen LogP contribution in [0.5, 0.6) is 0 Å². The molecule has 1 N–H and O–H groups in total.